The van der Waals surface area contributed by atoms with Crippen LogP contribution < -0.4 is 0 Å². The number of aryl methyl sites for hydroxylation is 2. The van der Waals surface area contributed by atoms with Gasteiger partial charge >= 0.3 is 0 Å². The minimum atomic E-state index is 0.0193. The quantitative estimate of drug-likeness (QED) is 0.787. The van der Waals surface area contributed by atoms with Crippen LogP contribution in [0.2, 0.25) is 0 Å². The Balaban J connectivity index is 2.26. The van der Waals surface area contributed by atoms with E-state index in [1.807, 2.05) is 26.0 Å². The molecule has 19 heavy (non-hydrogen) atoms. The smallest absolute Gasteiger partial charge is 0.167 e. The van der Waals surface area contributed by atoms with Crippen molar-refractivity contribution in [1.82, 2.24) is 4.98 Å². The second kappa shape index (κ2) is 5.45. The molecule has 0 unspecified atom stereocenters. The molecule has 0 aliphatic rings. The van der Waals surface area contributed by atoms with E-state index in [1.54, 1.807) is 30.5 Å². The molecule has 0 atom stereocenters. The van der Waals surface area contributed by atoms with Gasteiger partial charge in [0.1, 0.15) is 0 Å². The van der Waals surface area contributed by atoms with Crippen molar-refractivity contribution in [2.45, 2.75) is 20.3 Å². The molecule has 0 N–H and O–H groups in total. The number of benzene rings is 1. The van der Waals surface area contributed by atoms with E-state index < -0.39 is 0 Å². The van der Waals surface area contributed by atoms with Crippen LogP contribution in [0.5, 0.6) is 0 Å². The zero-order valence-electron chi connectivity index (χ0n) is 11.0. The van der Waals surface area contributed by atoms with Gasteiger partial charge in [-0.15, -0.1) is 0 Å². The van der Waals surface area contributed by atoms with Crippen LogP contribution in [0.1, 0.15) is 32.7 Å². The van der Waals surface area contributed by atoms with Gasteiger partial charge in [0.2, 0.25) is 0 Å². The summed E-state index contributed by atoms with van der Waals surface area (Å²) in [6.07, 6.45) is 2.12. The number of aromatic nitrogens is 1. The molecular weight excluding hydrogens is 236 g/mol. The number of rotatable bonds is 3. The van der Waals surface area contributed by atoms with Crippen LogP contribution in [0.4, 0.5) is 0 Å². The maximum atomic E-state index is 12.2. The van der Waals surface area contributed by atoms with Gasteiger partial charge in [-0.1, -0.05) is 12.1 Å². The van der Waals surface area contributed by atoms with E-state index in [2.05, 4.69) is 4.98 Å². The van der Waals surface area contributed by atoms with E-state index in [0.717, 1.165) is 16.8 Å². The Morgan fingerprint density at radius 1 is 1.32 bits per heavy atom. The summed E-state index contributed by atoms with van der Waals surface area (Å²) in [4.78, 5) is 16.4. The number of carbonyl (C=O) groups is 1. The molecule has 3 heteroatoms. The summed E-state index contributed by atoms with van der Waals surface area (Å²) >= 11 is 0. The van der Waals surface area contributed by atoms with E-state index in [1.165, 1.54) is 0 Å². The standard InChI is InChI=1S/C16H14N2O/c1-11-10-18-12(2)6-15(11)8-16(19)14-5-3-4-13(7-14)9-17/h3-7,10H,8H2,1-2H3. The Morgan fingerprint density at radius 3 is 2.84 bits per heavy atom. The average molecular weight is 250 g/mol. The number of Topliss-reactive ketones (excluding diaryl/α,β-unsaturated/α-hetero) is 1. The highest BCUT2D eigenvalue weighted by molar-refractivity contribution is 5.97. The van der Waals surface area contributed by atoms with Gasteiger partial charge in [0.25, 0.3) is 0 Å². The van der Waals surface area contributed by atoms with Crippen molar-refractivity contribution in [3.05, 3.63) is 64.5 Å². The normalized spacial score (nSPS) is 9.95. The van der Waals surface area contributed by atoms with E-state index in [0.29, 0.717) is 17.5 Å². The number of carbonyl (C=O) groups excluding carboxylic acids is 1. The van der Waals surface area contributed by atoms with Crippen LogP contribution in [0.25, 0.3) is 0 Å². The molecule has 0 aliphatic carbocycles. The molecule has 1 aromatic carbocycles. The summed E-state index contributed by atoms with van der Waals surface area (Å²) in [6.45, 7) is 3.85. The SMILES string of the molecule is Cc1cc(CC(=O)c2cccc(C#N)c2)c(C)cn1. The molecule has 0 amide bonds. The summed E-state index contributed by atoms with van der Waals surface area (Å²) in [5.74, 6) is 0.0193. The van der Waals surface area contributed by atoms with Crippen LogP contribution in [0.3, 0.4) is 0 Å². The highest BCUT2D eigenvalue weighted by Crippen LogP contribution is 2.13. The molecule has 0 fully saturated rings. The average Bonchev–Trinajstić information content (AvgIpc) is 2.43. The second-order valence-electron chi connectivity index (χ2n) is 4.54. The van der Waals surface area contributed by atoms with Crippen molar-refractivity contribution in [1.29, 1.82) is 5.26 Å². The third-order valence-corrected chi connectivity index (χ3v) is 3.02. The molecule has 0 saturated carbocycles. The lowest BCUT2D eigenvalue weighted by molar-refractivity contribution is 0.0992. The van der Waals surface area contributed by atoms with Crippen LogP contribution in [-0.2, 0) is 6.42 Å². The van der Waals surface area contributed by atoms with Gasteiger partial charge in [0.15, 0.2) is 5.78 Å². The van der Waals surface area contributed by atoms with Gasteiger partial charge in [0.05, 0.1) is 11.6 Å². The van der Waals surface area contributed by atoms with Gasteiger partial charge in [-0.05, 0) is 43.2 Å². The summed E-state index contributed by atoms with van der Waals surface area (Å²) in [5.41, 5.74) is 3.98. The molecule has 3 nitrogen and oxygen atoms in total. The van der Waals surface area contributed by atoms with Gasteiger partial charge < -0.3 is 0 Å². The first-order valence-corrected chi connectivity index (χ1v) is 6.05. The van der Waals surface area contributed by atoms with Gasteiger partial charge in [-0.2, -0.15) is 5.26 Å². The Labute approximate surface area is 112 Å². The Kier molecular flexibility index (Phi) is 3.72. The van der Waals surface area contributed by atoms with E-state index in [-0.39, 0.29) is 5.78 Å². The molecular formula is C16H14N2O. The third-order valence-electron chi connectivity index (χ3n) is 3.02. The van der Waals surface area contributed by atoms with Crippen molar-refractivity contribution in [2.75, 3.05) is 0 Å². The lowest BCUT2D eigenvalue weighted by Gasteiger charge is -2.06. The van der Waals surface area contributed by atoms with Crippen LogP contribution in [-0.4, -0.2) is 10.8 Å². The monoisotopic (exact) mass is 250 g/mol. The molecule has 0 bridgehead atoms. The van der Waals surface area contributed by atoms with Gasteiger partial charge in [-0.25, -0.2) is 0 Å². The highest BCUT2D eigenvalue weighted by Gasteiger charge is 2.10. The van der Waals surface area contributed by atoms with Gasteiger partial charge in [0, 0.05) is 23.9 Å². The van der Waals surface area contributed by atoms with E-state index in [4.69, 9.17) is 5.26 Å². The fourth-order valence-electron chi connectivity index (χ4n) is 1.91. The van der Waals surface area contributed by atoms with Crippen molar-refractivity contribution in [3.63, 3.8) is 0 Å². The summed E-state index contributed by atoms with van der Waals surface area (Å²) in [7, 11) is 0. The first-order valence-electron chi connectivity index (χ1n) is 6.05. The van der Waals surface area contributed by atoms with Crippen LogP contribution >= 0.6 is 0 Å². The minimum absolute atomic E-state index is 0.0193. The minimum Gasteiger partial charge on any atom is -0.294 e. The molecule has 0 spiro atoms. The number of ketones is 1. The number of nitriles is 1. The van der Waals surface area contributed by atoms with E-state index in [9.17, 15) is 4.79 Å². The molecule has 1 aromatic heterocycles. The first-order chi connectivity index (χ1) is 9.10. The summed E-state index contributed by atoms with van der Waals surface area (Å²) in [5, 5.41) is 8.84. The van der Waals surface area contributed by atoms with Crippen molar-refractivity contribution >= 4 is 5.78 Å². The highest BCUT2D eigenvalue weighted by atomic mass is 16.1. The lowest BCUT2D eigenvalue weighted by atomic mass is 9.99. The molecule has 0 radical (unpaired) electrons. The zero-order chi connectivity index (χ0) is 13.8. The first kappa shape index (κ1) is 13.0. The summed E-state index contributed by atoms with van der Waals surface area (Å²) < 4.78 is 0. The molecule has 2 aromatic rings. The van der Waals surface area contributed by atoms with Crippen molar-refractivity contribution in [2.24, 2.45) is 0 Å². The fraction of sp³-hybridized carbons (Fsp3) is 0.188. The van der Waals surface area contributed by atoms with Crippen molar-refractivity contribution < 1.29 is 4.79 Å². The predicted octanol–water partition coefficient (Wildman–Crippen LogP) is 3.00. The lowest BCUT2D eigenvalue weighted by Crippen LogP contribution is -2.06. The molecule has 2 rings (SSSR count). The number of hydrogen-bond acceptors (Lipinski definition) is 3. The third kappa shape index (κ3) is 3.05. The molecule has 0 aliphatic heterocycles. The Morgan fingerprint density at radius 2 is 2.11 bits per heavy atom. The Bertz CT molecular complexity index is 669. The largest absolute Gasteiger partial charge is 0.294 e. The fourth-order valence-corrected chi connectivity index (χ4v) is 1.91. The van der Waals surface area contributed by atoms with Crippen LogP contribution in [0.15, 0.2) is 36.5 Å². The second-order valence-corrected chi connectivity index (χ2v) is 4.54. The van der Waals surface area contributed by atoms with Gasteiger partial charge in [-0.3, -0.25) is 9.78 Å². The molecule has 0 saturated heterocycles. The van der Waals surface area contributed by atoms with Crippen LogP contribution in [0, 0.1) is 25.2 Å². The maximum absolute atomic E-state index is 12.2. The number of pyridine rings is 1. The number of nitrogens with zero attached hydrogens (tertiary/aromatic N) is 2. The van der Waals surface area contributed by atoms with Crippen molar-refractivity contribution in [3.8, 4) is 6.07 Å². The topological polar surface area (TPSA) is 53.8 Å². The van der Waals surface area contributed by atoms with E-state index >= 15 is 0 Å². The number of hydrogen-bond donors (Lipinski definition) is 0. The maximum Gasteiger partial charge on any atom is 0.167 e. The molecule has 94 valence electrons. The summed E-state index contributed by atoms with van der Waals surface area (Å²) in [6, 6.07) is 10.8. The zero-order valence-corrected chi connectivity index (χ0v) is 11.0. The Hall–Kier alpha value is -2.47. The molecule has 1 heterocycles. The predicted molar refractivity (Wildman–Crippen MR) is 72.9 cm³/mol.